The van der Waals surface area contributed by atoms with E-state index in [2.05, 4.69) is 10.6 Å². The van der Waals surface area contributed by atoms with Gasteiger partial charge < -0.3 is 30.6 Å². The molecule has 2 aromatic carbocycles. The molecule has 4 N–H and O–H groups in total. The molecule has 0 bridgehead atoms. The Morgan fingerprint density at radius 2 is 1.48 bits per heavy atom. The van der Waals surface area contributed by atoms with Crippen LogP contribution in [0.3, 0.4) is 0 Å². The van der Waals surface area contributed by atoms with E-state index < -0.39 is 42.4 Å². The molecule has 2 rings (SSSR count). The van der Waals surface area contributed by atoms with E-state index in [-0.39, 0.29) is 13.2 Å². The Morgan fingerprint density at radius 3 is 2.09 bits per heavy atom. The Morgan fingerprint density at radius 1 is 0.879 bits per heavy atom. The zero-order chi connectivity index (χ0) is 24.2. The maximum Gasteiger partial charge on any atom is 0.408 e. The quantitative estimate of drug-likeness (QED) is 0.433. The Kier molecular flexibility index (Phi) is 9.69. The first-order valence-corrected chi connectivity index (χ1v) is 10.1. The van der Waals surface area contributed by atoms with Crippen LogP contribution in [0.1, 0.15) is 24.5 Å². The number of ether oxygens (including phenoxy) is 3. The molecular weight excluding hydrogens is 430 g/mol. The number of carbonyl (C=O) groups is 4. The van der Waals surface area contributed by atoms with Gasteiger partial charge in [-0.15, -0.1) is 0 Å². The van der Waals surface area contributed by atoms with E-state index in [1.54, 1.807) is 48.5 Å². The maximum absolute atomic E-state index is 12.5. The lowest BCUT2D eigenvalue weighted by Gasteiger charge is -2.19. The van der Waals surface area contributed by atoms with Crippen LogP contribution >= 0.6 is 0 Å². The van der Waals surface area contributed by atoms with Gasteiger partial charge in [-0.2, -0.15) is 0 Å². The van der Waals surface area contributed by atoms with Crippen LogP contribution in [0.2, 0.25) is 0 Å². The van der Waals surface area contributed by atoms with Gasteiger partial charge in [-0.1, -0.05) is 42.5 Å². The van der Waals surface area contributed by atoms with E-state index in [1.807, 2.05) is 6.07 Å². The Labute approximate surface area is 191 Å². The monoisotopic (exact) mass is 457 g/mol. The third kappa shape index (κ3) is 8.90. The molecule has 0 saturated heterocycles. The highest BCUT2D eigenvalue weighted by molar-refractivity contribution is 5.92. The normalized spacial score (nSPS) is 12.1. The molecule has 0 aliphatic rings. The second-order valence-corrected chi connectivity index (χ2v) is 7.10. The molecule has 0 aliphatic carbocycles. The van der Waals surface area contributed by atoms with E-state index in [0.29, 0.717) is 11.3 Å². The first-order valence-electron chi connectivity index (χ1n) is 10.1. The topological polar surface area (TPSA) is 146 Å². The maximum atomic E-state index is 12.5. The van der Waals surface area contributed by atoms with E-state index in [9.17, 15) is 19.2 Å². The summed E-state index contributed by atoms with van der Waals surface area (Å²) in [5.74, 6) is -1.62. The Hall–Kier alpha value is -4.08. The molecule has 0 heterocycles. The molecule has 33 heavy (non-hydrogen) atoms. The Bertz CT molecular complexity index is 948. The zero-order valence-electron chi connectivity index (χ0n) is 18.4. The van der Waals surface area contributed by atoms with Crippen LogP contribution in [-0.2, 0) is 37.1 Å². The van der Waals surface area contributed by atoms with Crippen molar-refractivity contribution in [3.8, 4) is 5.75 Å². The van der Waals surface area contributed by atoms with E-state index in [0.717, 1.165) is 5.56 Å². The van der Waals surface area contributed by atoms with Gasteiger partial charge in [0.2, 0.25) is 11.8 Å². The second kappa shape index (κ2) is 12.7. The van der Waals surface area contributed by atoms with Crippen LogP contribution in [0.4, 0.5) is 4.79 Å². The number of amides is 3. The van der Waals surface area contributed by atoms with Gasteiger partial charge in [-0.25, -0.2) is 4.79 Å². The standard InChI is InChI=1S/C23H27N3O7/c1-15(21(24)28)25-22(29)19(12-20(27)32-13-16-6-4-3-5-7-16)26-23(30)33-14-17-8-10-18(31-2)11-9-17/h3-11,15,19H,12-14H2,1-2H3,(H2,24,28)(H,25,29)(H,26,30)/t15-,19+/m1/s1. The third-order valence-corrected chi connectivity index (χ3v) is 4.54. The number of nitrogens with two attached hydrogens (primary N) is 1. The number of benzene rings is 2. The predicted octanol–water partition coefficient (Wildman–Crippen LogP) is 1.41. The average Bonchev–Trinajstić information content (AvgIpc) is 2.81. The highest BCUT2D eigenvalue weighted by Gasteiger charge is 2.27. The number of primary amides is 1. The van der Waals surface area contributed by atoms with Crippen molar-refractivity contribution >= 4 is 23.9 Å². The van der Waals surface area contributed by atoms with E-state index in [1.165, 1.54) is 14.0 Å². The van der Waals surface area contributed by atoms with E-state index >= 15 is 0 Å². The van der Waals surface area contributed by atoms with Gasteiger partial charge in [0.05, 0.1) is 13.5 Å². The number of nitrogens with one attached hydrogen (secondary N) is 2. The summed E-state index contributed by atoms with van der Waals surface area (Å²) in [5, 5.41) is 4.68. The minimum absolute atomic E-state index is 0.00756. The van der Waals surface area contributed by atoms with Crippen LogP contribution in [-0.4, -0.2) is 43.1 Å². The number of carbonyl (C=O) groups excluding carboxylic acids is 4. The summed E-state index contributed by atoms with van der Waals surface area (Å²) in [6, 6.07) is 13.5. The van der Waals surface area contributed by atoms with Crippen LogP contribution < -0.4 is 21.1 Å². The first kappa shape index (κ1) is 25.2. The van der Waals surface area contributed by atoms with Gasteiger partial charge in [0.1, 0.15) is 31.0 Å². The van der Waals surface area contributed by atoms with Crippen LogP contribution in [0.15, 0.2) is 54.6 Å². The molecule has 2 atom stereocenters. The van der Waals surface area contributed by atoms with Gasteiger partial charge >= 0.3 is 12.1 Å². The number of methoxy groups -OCH3 is 1. The fourth-order valence-electron chi connectivity index (χ4n) is 2.61. The second-order valence-electron chi connectivity index (χ2n) is 7.10. The molecule has 0 spiro atoms. The summed E-state index contributed by atoms with van der Waals surface area (Å²) in [6.45, 7) is 1.32. The van der Waals surface area contributed by atoms with Gasteiger partial charge in [0, 0.05) is 0 Å². The first-order chi connectivity index (χ1) is 15.8. The van der Waals surface area contributed by atoms with Crippen molar-refractivity contribution in [2.75, 3.05) is 7.11 Å². The number of hydrogen-bond donors (Lipinski definition) is 3. The highest BCUT2D eigenvalue weighted by atomic mass is 16.5. The van der Waals surface area contributed by atoms with Crippen LogP contribution in [0, 0.1) is 0 Å². The van der Waals surface area contributed by atoms with E-state index in [4.69, 9.17) is 19.9 Å². The molecular formula is C23H27N3O7. The summed E-state index contributed by atoms with van der Waals surface area (Å²) in [4.78, 5) is 48.3. The molecule has 0 aromatic heterocycles. The van der Waals surface area contributed by atoms with Crippen LogP contribution in [0.25, 0.3) is 0 Å². The van der Waals surface area contributed by atoms with Crippen molar-refractivity contribution in [3.05, 3.63) is 65.7 Å². The average molecular weight is 457 g/mol. The smallest absolute Gasteiger partial charge is 0.408 e. The molecule has 0 saturated carbocycles. The minimum atomic E-state index is -1.33. The summed E-state index contributed by atoms with van der Waals surface area (Å²) in [5.41, 5.74) is 6.62. The van der Waals surface area contributed by atoms with Gasteiger partial charge in [-0.05, 0) is 30.2 Å². The fourth-order valence-corrected chi connectivity index (χ4v) is 2.61. The van der Waals surface area contributed by atoms with Crippen LogP contribution in [0.5, 0.6) is 5.75 Å². The fraction of sp³-hybridized carbons (Fsp3) is 0.304. The summed E-state index contributed by atoms with van der Waals surface area (Å²) in [7, 11) is 1.54. The number of alkyl carbamates (subject to hydrolysis) is 1. The molecule has 0 fully saturated rings. The minimum Gasteiger partial charge on any atom is -0.497 e. The SMILES string of the molecule is COc1ccc(COC(=O)N[C@@H](CC(=O)OCc2ccccc2)C(=O)N[C@H](C)C(N)=O)cc1. The lowest BCUT2D eigenvalue weighted by molar-refractivity contribution is -0.147. The lowest BCUT2D eigenvalue weighted by atomic mass is 10.1. The Balaban J connectivity index is 1.96. The molecule has 0 aliphatic heterocycles. The predicted molar refractivity (Wildman–Crippen MR) is 118 cm³/mol. The van der Waals surface area contributed by atoms with Crippen molar-refractivity contribution in [1.29, 1.82) is 0 Å². The van der Waals surface area contributed by atoms with Crippen molar-refractivity contribution in [2.45, 2.75) is 38.6 Å². The van der Waals surface area contributed by atoms with Crippen molar-refractivity contribution in [3.63, 3.8) is 0 Å². The number of esters is 1. The number of hydrogen-bond acceptors (Lipinski definition) is 7. The summed E-state index contributed by atoms with van der Waals surface area (Å²) < 4.78 is 15.4. The van der Waals surface area contributed by atoms with Crippen molar-refractivity contribution in [1.82, 2.24) is 10.6 Å². The molecule has 10 nitrogen and oxygen atoms in total. The molecule has 0 radical (unpaired) electrons. The van der Waals surface area contributed by atoms with Gasteiger partial charge in [0.25, 0.3) is 0 Å². The van der Waals surface area contributed by atoms with Gasteiger partial charge in [0.15, 0.2) is 0 Å². The zero-order valence-corrected chi connectivity index (χ0v) is 18.4. The highest BCUT2D eigenvalue weighted by Crippen LogP contribution is 2.12. The molecule has 0 unspecified atom stereocenters. The van der Waals surface area contributed by atoms with Crippen molar-refractivity contribution < 1.29 is 33.4 Å². The molecule has 3 amide bonds. The summed E-state index contributed by atoms with van der Waals surface area (Å²) >= 11 is 0. The third-order valence-electron chi connectivity index (χ3n) is 4.54. The molecule has 2 aromatic rings. The molecule has 10 heteroatoms. The molecule has 176 valence electrons. The largest absolute Gasteiger partial charge is 0.497 e. The number of rotatable bonds is 11. The van der Waals surface area contributed by atoms with Gasteiger partial charge in [-0.3, -0.25) is 14.4 Å². The lowest BCUT2D eigenvalue weighted by Crippen LogP contribution is -2.52. The summed E-state index contributed by atoms with van der Waals surface area (Å²) in [6.07, 6.45) is -1.39. The van der Waals surface area contributed by atoms with Crippen molar-refractivity contribution in [2.24, 2.45) is 5.73 Å².